The van der Waals surface area contributed by atoms with Gasteiger partial charge < -0.3 is 19.7 Å². The summed E-state index contributed by atoms with van der Waals surface area (Å²) in [5, 5.41) is 3.39. The topological polar surface area (TPSA) is 50.8 Å². The van der Waals surface area contributed by atoms with Gasteiger partial charge in [0.25, 0.3) is 5.91 Å². The summed E-state index contributed by atoms with van der Waals surface area (Å²) >= 11 is 0. The second-order valence-corrected chi connectivity index (χ2v) is 6.31. The van der Waals surface area contributed by atoms with E-state index in [1.807, 2.05) is 29.2 Å². The molecule has 2 aliphatic heterocycles. The number of piperidine rings is 1. The van der Waals surface area contributed by atoms with Gasteiger partial charge in [-0.3, -0.25) is 4.79 Å². The number of methoxy groups -OCH3 is 1. The van der Waals surface area contributed by atoms with E-state index in [1.165, 1.54) is 0 Å². The number of nitrogens with zero attached hydrogens (tertiary/aromatic N) is 1. The van der Waals surface area contributed by atoms with Gasteiger partial charge >= 0.3 is 0 Å². The lowest BCUT2D eigenvalue weighted by atomic mass is 9.81. The van der Waals surface area contributed by atoms with Gasteiger partial charge in [-0.15, -0.1) is 0 Å². The molecule has 2 fully saturated rings. The minimum Gasteiger partial charge on any atom is -0.497 e. The molecule has 22 heavy (non-hydrogen) atoms. The lowest BCUT2D eigenvalue weighted by Gasteiger charge is -2.46. The number of carbonyl (C=O) groups excluding carboxylic acids is 1. The van der Waals surface area contributed by atoms with Gasteiger partial charge in [0.05, 0.1) is 19.3 Å². The van der Waals surface area contributed by atoms with Crippen molar-refractivity contribution in [2.24, 2.45) is 5.92 Å². The largest absolute Gasteiger partial charge is 0.497 e. The van der Waals surface area contributed by atoms with E-state index < -0.39 is 0 Å². The molecule has 0 bridgehead atoms. The van der Waals surface area contributed by atoms with Crippen molar-refractivity contribution in [2.75, 3.05) is 38.3 Å². The predicted molar refractivity (Wildman–Crippen MR) is 85.3 cm³/mol. The third-order valence-electron chi connectivity index (χ3n) is 4.87. The minimum absolute atomic E-state index is 0.0136. The molecule has 5 nitrogen and oxygen atoms in total. The third-order valence-corrected chi connectivity index (χ3v) is 4.87. The predicted octanol–water partition coefficient (Wildman–Crippen LogP) is 1.82. The lowest BCUT2D eigenvalue weighted by Crippen LogP contribution is -2.58. The van der Waals surface area contributed by atoms with Crippen LogP contribution in [0.15, 0.2) is 24.3 Å². The van der Waals surface area contributed by atoms with Gasteiger partial charge in [-0.1, -0.05) is 6.07 Å². The van der Waals surface area contributed by atoms with Crippen molar-refractivity contribution in [3.8, 4) is 5.75 Å². The maximum Gasteiger partial charge on any atom is 0.253 e. The van der Waals surface area contributed by atoms with Gasteiger partial charge in [-0.25, -0.2) is 0 Å². The Bertz CT molecular complexity index is 542. The highest BCUT2D eigenvalue weighted by atomic mass is 16.5. The molecular formula is C17H24N2O3. The van der Waals surface area contributed by atoms with Gasteiger partial charge in [0.2, 0.25) is 0 Å². The van der Waals surface area contributed by atoms with Crippen molar-refractivity contribution >= 4 is 11.6 Å². The number of hydrogen-bond acceptors (Lipinski definition) is 4. The van der Waals surface area contributed by atoms with Crippen LogP contribution in [0.2, 0.25) is 0 Å². The van der Waals surface area contributed by atoms with Crippen LogP contribution in [0, 0.1) is 5.92 Å². The van der Waals surface area contributed by atoms with E-state index >= 15 is 0 Å². The number of amides is 1. The van der Waals surface area contributed by atoms with Crippen molar-refractivity contribution in [3.05, 3.63) is 24.3 Å². The summed E-state index contributed by atoms with van der Waals surface area (Å²) in [5.74, 6) is 1.26. The summed E-state index contributed by atoms with van der Waals surface area (Å²) in [6.07, 6.45) is 2.19. The maximum absolute atomic E-state index is 12.3. The Morgan fingerprint density at radius 3 is 2.86 bits per heavy atom. The first-order valence-corrected chi connectivity index (χ1v) is 7.91. The van der Waals surface area contributed by atoms with Crippen LogP contribution in [0.25, 0.3) is 0 Å². The first-order valence-electron chi connectivity index (χ1n) is 7.91. The number of anilines is 1. The van der Waals surface area contributed by atoms with Gasteiger partial charge in [0.15, 0.2) is 0 Å². The van der Waals surface area contributed by atoms with E-state index in [-0.39, 0.29) is 18.1 Å². The third kappa shape index (κ3) is 2.96. The number of hydrogen-bond donors (Lipinski definition) is 1. The van der Waals surface area contributed by atoms with Crippen LogP contribution < -0.4 is 15.0 Å². The van der Waals surface area contributed by atoms with Gasteiger partial charge in [-0.05, 0) is 50.9 Å². The molecule has 1 unspecified atom stereocenters. The summed E-state index contributed by atoms with van der Waals surface area (Å²) in [5.41, 5.74) is 0.604. The Morgan fingerprint density at radius 2 is 2.14 bits per heavy atom. The highest BCUT2D eigenvalue weighted by molar-refractivity contribution is 5.95. The molecule has 2 saturated heterocycles. The molecule has 5 heteroatoms. The van der Waals surface area contributed by atoms with Crippen LogP contribution in [0.3, 0.4) is 0 Å². The molecule has 1 aromatic rings. The summed E-state index contributed by atoms with van der Waals surface area (Å²) in [6.45, 7) is 4.94. The molecule has 0 spiro atoms. The highest BCUT2D eigenvalue weighted by Gasteiger charge is 2.42. The van der Waals surface area contributed by atoms with Gasteiger partial charge in [0.1, 0.15) is 12.4 Å². The molecule has 0 saturated carbocycles. The number of morpholine rings is 1. The van der Waals surface area contributed by atoms with E-state index in [0.717, 1.165) is 37.4 Å². The molecule has 0 aliphatic carbocycles. The molecule has 1 aromatic carbocycles. The smallest absolute Gasteiger partial charge is 0.253 e. The monoisotopic (exact) mass is 304 g/mol. The Labute approximate surface area is 131 Å². The van der Waals surface area contributed by atoms with Crippen LogP contribution in [0.1, 0.15) is 19.8 Å². The summed E-state index contributed by atoms with van der Waals surface area (Å²) < 4.78 is 11.2. The molecule has 0 radical (unpaired) electrons. The number of carbonyl (C=O) groups is 1. The average Bonchev–Trinajstić information content (AvgIpc) is 2.58. The number of rotatable bonds is 3. The molecule has 1 N–H and O–H groups in total. The van der Waals surface area contributed by atoms with E-state index in [1.54, 1.807) is 7.11 Å². The molecule has 0 aromatic heterocycles. The first kappa shape index (κ1) is 15.3. The van der Waals surface area contributed by atoms with Crippen LogP contribution in [-0.2, 0) is 9.53 Å². The Morgan fingerprint density at radius 1 is 1.36 bits per heavy atom. The molecule has 1 atom stereocenters. The highest BCUT2D eigenvalue weighted by Crippen LogP contribution is 2.35. The number of benzene rings is 1. The molecule has 2 heterocycles. The molecule has 1 amide bonds. The standard InChI is InChI=1S/C17H24N2O3/c1-17(13-6-8-18-9-7-13)12-19(16(20)11-22-17)14-4-3-5-15(10-14)21-2/h3-5,10,13,18H,6-9,11-12H2,1-2H3. The average molecular weight is 304 g/mol. The van der Waals surface area contributed by atoms with Crippen molar-refractivity contribution in [2.45, 2.75) is 25.4 Å². The lowest BCUT2D eigenvalue weighted by molar-refractivity contribution is -0.144. The zero-order valence-corrected chi connectivity index (χ0v) is 13.3. The van der Waals surface area contributed by atoms with Crippen LogP contribution in [0.5, 0.6) is 5.75 Å². The molecule has 3 rings (SSSR count). The zero-order valence-electron chi connectivity index (χ0n) is 13.3. The van der Waals surface area contributed by atoms with E-state index in [4.69, 9.17) is 9.47 Å². The van der Waals surface area contributed by atoms with Crippen molar-refractivity contribution in [1.82, 2.24) is 5.32 Å². The van der Waals surface area contributed by atoms with Gasteiger partial charge in [0, 0.05) is 11.8 Å². The van der Waals surface area contributed by atoms with Crippen molar-refractivity contribution < 1.29 is 14.3 Å². The quantitative estimate of drug-likeness (QED) is 0.925. The molecule has 120 valence electrons. The number of nitrogens with one attached hydrogen (secondary N) is 1. The van der Waals surface area contributed by atoms with Gasteiger partial charge in [-0.2, -0.15) is 0 Å². The normalized spacial score (nSPS) is 27.0. The Hall–Kier alpha value is -1.59. The fourth-order valence-electron chi connectivity index (χ4n) is 3.45. The van der Waals surface area contributed by atoms with Crippen LogP contribution in [0.4, 0.5) is 5.69 Å². The SMILES string of the molecule is COc1cccc(N2CC(C)(C3CCNCC3)OCC2=O)c1. The van der Waals surface area contributed by atoms with E-state index in [2.05, 4.69) is 12.2 Å². The van der Waals surface area contributed by atoms with E-state index in [0.29, 0.717) is 12.5 Å². The summed E-state index contributed by atoms with van der Waals surface area (Å²) in [4.78, 5) is 14.2. The minimum atomic E-state index is -0.279. The van der Waals surface area contributed by atoms with Crippen molar-refractivity contribution in [1.29, 1.82) is 0 Å². The second kappa shape index (κ2) is 6.26. The number of ether oxygens (including phenoxy) is 2. The molecule has 2 aliphatic rings. The maximum atomic E-state index is 12.3. The summed E-state index contributed by atoms with van der Waals surface area (Å²) in [6, 6.07) is 7.67. The zero-order chi connectivity index (χ0) is 15.6. The second-order valence-electron chi connectivity index (χ2n) is 6.31. The van der Waals surface area contributed by atoms with Crippen LogP contribution in [-0.4, -0.2) is 44.9 Å². The fourth-order valence-corrected chi connectivity index (χ4v) is 3.45. The Balaban J connectivity index is 1.82. The summed E-state index contributed by atoms with van der Waals surface area (Å²) in [7, 11) is 1.64. The fraction of sp³-hybridized carbons (Fsp3) is 0.588. The first-order chi connectivity index (χ1) is 10.6. The van der Waals surface area contributed by atoms with E-state index in [9.17, 15) is 4.79 Å². The van der Waals surface area contributed by atoms with Crippen LogP contribution >= 0.6 is 0 Å². The Kier molecular flexibility index (Phi) is 4.36. The molecular weight excluding hydrogens is 280 g/mol. The van der Waals surface area contributed by atoms with Crippen molar-refractivity contribution in [3.63, 3.8) is 0 Å².